The standard InChI is InChI=1S/C22H21NO2.ClH/c23-21(22(24)25)20(15-16-7-3-1-4-8-16)19-13-11-18(12-14-19)17-9-5-2-6-10-17;/h1-14,20-21H,15,23H2,(H,24,25);1H/t20?,21-;/m0./s1. The van der Waals surface area contributed by atoms with Crippen molar-refractivity contribution in [2.24, 2.45) is 5.73 Å². The van der Waals surface area contributed by atoms with Crippen molar-refractivity contribution in [2.45, 2.75) is 18.4 Å². The van der Waals surface area contributed by atoms with Crippen LogP contribution in [0, 0.1) is 0 Å². The van der Waals surface area contributed by atoms with E-state index in [0.29, 0.717) is 6.42 Å². The van der Waals surface area contributed by atoms with E-state index < -0.39 is 12.0 Å². The van der Waals surface area contributed by atoms with Gasteiger partial charge in [0, 0.05) is 5.92 Å². The third-order valence-corrected chi connectivity index (χ3v) is 4.46. The molecule has 0 fully saturated rings. The minimum atomic E-state index is -0.979. The van der Waals surface area contributed by atoms with Crippen LogP contribution in [0.5, 0.6) is 0 Å². The zero-order chi connectivity index (χ0) is 17.6. The van der Waals surface area contributed by atoms with Crippen LogP contribution in [0.1, 0.15) is 17.0 Å². The highest BCUT2D eigenvalue weighted by molar-refractivity contribution is 5.85. The number of nitrogens with two attached hydrogens (primary N) is 1. The summed E-state index contributed by atoms with van der Waals surface area (Å²) in [5, 5.41) is 9.40. The Hall–Kier alpha value is -2.62. The lowest BCUT2D eigenvalue weighted by atomic mass is 9.85. The van der Waals surface area contributed by atoms with E-state index in [-0.39, 0.29) is 18.3 Å². The Labute approximate surface area is 159 Å². The second-order valence-corrected chi connectivity index (χ2v) is 6.15. The highest BCUT2D eigenvalue weighted by atomic mass is 35.5. The van der Waals surface area contributed by atoms with Gasteiger partial charge in [0.05, 0.1) is 0 Å². The van der Waals surface area contributed by atoms with Crippen LogP contribution >= 0.6 is 12.4 Å². The molecule has 0 heterocycles. The summed E-state index contributed by atoms with van der Waals surface area (Å²) in [6.45, 7) is 0. The second-order valence-electron chi connectivity index (χ2n) is 6.15. The highest BCUT2D eigenvalue weighted by Gasteiger charge is 2.26. The van der Waals surface area contributed by atoms with Gasteiger partial charge >= 0.3 is 5.97 Å². The van der Waals surface area contributed by atoms with Crippen molar-refractivity contribution >= 4 is 18.4 Å². The molecule has 0 spiro atoms. The number of benzene rings is 3. The molecule has 3 nitrogen and oxygen atoms in total. The van der Waals surface area contributed by atoms with Crippen LogP contribution in [-0.2, 0) is 11.2 Å². The molecule has 134 valence electrons. The lowest BCUT2D eigenvalue weighted by Crippen LogP contribution is -2.37. The minimum Gasteiger partial charge on any atom is -0.480 e. The van der Waals surface area contributed by atoms with Crippen molar-refractivity contribution in [3.63, 3.8) is 0 Å². The van der Waals surface area contributed by atoms with Crippen LogP contribution in [0.15, 0.2) is 84.9 Å². The summed E-state index contributed by atoms with van der Waals surface area (Å²) < 4.78 is 0. The van der Waals surface area contributed by atoms with Gasteiger partial charge in [-0.1, -0.05) is 84.9 Å². The average molecular weight is 368 g/mol. The molecule has 3 rings (SSSR count). The van der Waals surface area contributed by atoms with E-state index >= 15 is 0 Å². The molecule has 3 aromatic carbocycles. The van der Waals surface area contributed by atoms with Gasteiger partial charge in [-0.3, -0.25) is 4.79 Å². The lowest BCUT2D eigenvalue weighted by molar-refractivity contribution is -0.139. The van der Waals surface area contributed by atoms with Crippen LogP contribution in [0.2, 0.25) is 0 Å². The average Bonchev–Trinajstić information content (AvgIpc) is 2.67. The summed E-state index contributed by atoms with van der Waals surface area (Å²) in [5.74, 6) is -1.25. The molecular formula is C22H22ClNO2. The maximum Gasteiger partial charge on any atom is 0.321 e. The number of carboxylic acids is 1. The van der Waals surface area contributed by atoms with Crippen molar-refractivity contribution in [1.29, 1.82) is 0 Å². The van der Waals surface area contributed by atoms with E-state index in [0.717, 1.165) is 22.3 Å². The van der Waals surface area contributed by atoms with Gasteiger partial charge < -0.3 is 10.8 Å². The Balaban J connectivity index is 0.00000243. The monoisotopic (exact) mass is 367 g/mol. The highest BCUT2D eigenvalue weighted by Crippen LogP contribution is 2.27. The zero-order valence-electron chi connectivity index (χ0n) is 14.3. The van der Waals surface area contributed by atoms with Crippen LogP contribution in [-0.4, -0.2) is 17.1 Å². The minimum absolute atomic E-state index is 0. The van der Waals surface area contributed by atoms with Crippen molar-refractivity contribution in [1.82, 2.24) is 0 Å². The molecule has 0 radical (unpaired) electrons. The predicted molar refractivity (Wildman–Crippen MR) is 108 cm³/mol. The van der Waals surface area contributed by atoms with Gasteiger partial charge in [-0.15, -0.1) is 12.4 Å². The predicted octanol–water partition coefficient (Wildman–Crippen LogP) is 4.51. The number of rotatable bonds is 6. The van der Waals surface area contributed by atoms with Crippen LogP contribution in [0.25, 0.3) is 11.1 Å². The summed E-state index contributed by atoms with van der Waals surface area (Å²) in [5.41, 5.74) is 10.3. The normalized spacial score (nSPS) is 12.7. The largest absolute Gasteiger partial charge is 0.480 e. The summed E-state index contributed by atoms with van der Waals surface area (Å²) in [4.78, 5) is 11.5. The molecule has 2 atom stereocenters. The molecule has 0 aliphatic rings. The molecule has 26 heavy (non-hydrogen) atoms. The van der Waals surface area contributed by atoms with E-state index in [9.17, 15) is 9.90 Å². The topological polar surface area (TPSA) is 63.3 Å². The van der Waals surface area contributed by atoms with Crippen molar-refractivity contribution in [3.8, 4) is 11.1 Å². The Bertz CT molecular complexity index is 820. The van der Waals surface area contributed by atoms with E-state index in [2.05, 4.69) is 12.1 Å². The SMILES string of the molecule is Cl.N[C@H](C(=O)O)C(Cc1ccccc1)c1ccc(-c2ccccc2)cc1. The third kappa shape index (κ3) is 4.72. The van der Waals surface area contributed by atoms with E-state index in [4.69, 9.17) is 5.73 Å². The van der Waals surface area contributed by atoms with Gasteiger partial charge in [-0.2, -0.15) is 0 Å². The zero-order valence-corrected chi connectivity index (χ0v) is 15.1. The molecule has 0 aliphatic heterocycles. The molecule has 0 aromatic heterocycles. The summed E-state index contributed by atoms with van der Waals surface area (Å²) in [6, 6.07) is 27.0. The molecule has 0 saturated carbocycles. The Morgan fingerprint density at radius 1 is 0.808 bits per heavy atom. The number of halogens is 1. The van der Waals surface area contributed by atoms with Gasteiger partial charge in [-0.25, -0.2) is 0 Å². The van der Waals surface area contributed by atoms with Crippen molar-refractivity contribution < 1.29 is 9.90 Å². The fourth-order valence-electron chi connectivity index (χ4n) is 3.05. The summed E-state index contributed by atoms with van der Waals surface area (Å²) in [6.07, 6.45) is 0.596. The number of hydrogen-bond donors (Lipinski definition) is 2. The molecule has 4 heteroatoms. The number of carbonyl (C=O) groups is 1. The molecule has 3 aromatic rings. The van der Waals surface area contributed by atoms with Gasteiger partial charge in [0.25, 0.3) is 0 Å². The van der Waals surface area contributed by atoms with Gasteiger partial charge in [-0.05, 0) is 28.7 Å². The maximum atomic E-state index is 11.5. The van der Waals surface area contributed by atoms with Gasteiger partial charge in [0.1, 0.15) is 6.04 Å². The lowest BCUT2D eigenvalue weighted by Gasteiger charge is -2.22. The Morgan fingerprint density at radius 2 is 1.31 bits per heavy atom. The van der Waals surface area contributed by atoms with Crippen molar-refractivity contribution in [3.05, 3.63) is 96.1 Å². The molecule has 0 saturated heterocycles. The van der Waals surface area contributed by atoms with E-state index in [1.54, 1.807) is 0 Å². The molecule has 0 amide bonds. The summed E-state index contributed by atoms with van der Waals surface area (Å²) in [7, 11) is 0. The number of hydrogen-bond acceptors (Lipinski definition) is 2. The fourth-order valence-corrected chi connectivity index (χ4v) is 3.05. The van der Waals surface area contributed by atoms with E-state index in [1.165, 1.54) is 0 Å². The quantitative estimate of drug-likeness (QED) is 0.673. The Morgan fingerprint density at radius 3 is 1.85 bits per heavy atom. The first-order valence-corrected chi connectivity index (χ1v) is 8.33. The van der Waals surface area contributed by atoms with Gasteiger partial charge in [0.2, 0.25) is 0 Å². The number of aliphatic carboxylic acids is 1. The molecule has 0 aliphatic carbocycles. The second kappa shape index (κ2) is 9.18. The van der Waals surface area contributed by atoms with Crippen LogP contribution in [0.4, 0.5) is 0 Å². The maximum absolute atomic E-state index is 11.5. The van der Waals surface area contributed by atoms with Crippen molar-refractivity contribution in [2.75, 3.05) is 0 Å². The van der Waals surface area contributed by atoms with Crippen LogP contribution < -0.4 is 5.73 Å². The fraction of sp³-hybridized carbons (Fsp3) is 0.136. The van der Waals surface area contributed by atoms with Crippen LogP contribution in [0.3, 0.4) is 0 Å². The molecular weight excluding hydrogens is 346 g/mol. The number of carboxylic acid groups (broad SMARTS) is 1. The Kier molecular flexibility index (Phi) is 6.96. The third-order valence-electron chi connectivity index (χ3n) is 4.46. The molecule has 3 N–H and O–H groups in total. The summed E-state index contributed by atoms with van der Waals surface area (Å²) >= 11 is 0. The smallest absolute Gasteiger partial charge is 0.321 e. The first-order valence-electron chi connectivity index (χ1n) is 8.33. The molecule has 0 bridgehead atoms. The van der Waals surface area contributed by atoms with Gasteiger partial charge in [0.15, 0.2) is 0 Å². The first kappa shape index (κ1) is 19.7. The molecule has 1 unspecified atom stereocenters. The van der Waals surface area contributed by atoms with E-state index in [1.807, 2.05) is 72.8 Å². The first-order chi connectivity index (χ1) is 12.1.